The molecule has 34 heavy (non-hydrogen) atoms. The molecule has 0 atom stereocenters. The van der Waals surface area contributed by atoms with E-state index in [2.05, 4.69) is 35.9 Å². The predicted molar refractivity (Wildman–Crippen MR) is 147 cm³/mol. The van der Waals surface area contributed by atoms with Crippen molar-refractivity contribution in [3.63, 3.8) is 0 Å². The van der Waals surface area contributed by atoms with E-state index in [-0.39, 0.29) is 22.4 Å². The first-order chi connectivity index (χ1) is 16.1. The lowest BCUT2D eigenvalue weighted by Crippen LogP contribution is -2.40. The Kier molecular flexibility index (Phi) is 15.2. The van der Waals surface area contributed by atoms with Gasteiger partial charge in [0.2, 0.25) is 0 Å². The minimum absolute atomic E-state index is 0.00698. The fraction of sp³-hybridized carbons (Fsp3) is 0.923. The summed E-state index contributed by atoms with van der Waals surface area (Å²) in [6.45, 7) is 9.29. The van der Waals surface area contributed by atoms with Gasteiger partial charge in [0.1, 0.15) is 5.60 Å². The molecule has 0 saturated heterocycles. The Labute approximate surface area is 218 Å². The van der Waals surface area contributed by atoms with Gasteiger partial charge in [0.25, 0.3) is 0 Å². The molecule has 6 nitrogen and oxygen atoms in total. The van der Waals surface area contributed by atoms with Gasteiger partial charge >= 0.3 is 11.9 Å². The molecule has 8 heteroatoms. The monoisotopic (exact) mass is 518 g/mol. The molecule has 0 amide bonds. The first kappa shape index (κ1) is 31.6. The van der Waals surface area contributed by atoms with E-state index in [4.69, 9.17) is 9.84 Å². The van der Waals surface area contributed by atoms with E-state index in [1.54, 1.807) is 0 Å². The summed E-state index contributed by atoms with van der Waals surface area (Å²) in [6.07, 6.45) is 12.6. The molecule has 200 valence electrons. The van der Waals surface area contributed by atoms with Crippen LogP contribution in [0.3, 0.4) is 0 Å². The van der Waals surface area contributed by atoms with Crippen LogP contribution in [-0.2, 0) is 14.3 Å². The van der Waals surface area contributed by atoms with Gasteiger partial charge in [0, 0.05) is 37.7 Å². The van der Waals surface area contributed by atoms with Crippen molar-refractivity contribution in [1.82, 2.24) is 10.6 Å². The number of hydrogen-bond donors (Lipinski definition) is 5. The van der Waals surface area contributed by atoms with Gasteiger partial charge in [-0.3, -0.25) is 9.59 Å². The average Bonchev–Trinajstić information content (AvgIpc) is 2.74. The molecule has 3 N–H and O–H groups in total. The first-order valence-corrected chi connectivity index (χ1v) is 14.4. The van der Waals surface area contributed by atoms with Crippen LogP contribution in [0.15, 0.2) is 0 Å². The van der Waals surface area contributed by atoms with Gasteiger partial charge in [-0.15, -0.1) is 0 Å². The van der Waals surface area contributed by atoms with E-state index in [1.807, 2.05) is 20.8 Å². The summed E-state index contributed by atoms with van der Waals surface area (Å²) in [7, 11) is 0. The van der Waals surface area contributed by atoms with Gasteiger partial charge in [0.15, 0.2) is 0 Å². The summed E-state index contributed by atoms with van der Waals surface area (Å²) in [5.41, 5.74) is -0.276. The number of carbonyl (C=O) groups is 2. The van der Waals surface area contributed by atoms with Gasteiger partial charge in [-0.05, 0) is 57.3 Å². The van der Waals surface area contributed by atoms with Crippen LogP contribution in [0.1, 0.15) is 97.8 Å². The molecular weight excluding hydrogens is 468 g/mol. The average molecular weight is 519 g/mol. The molecule has 2 saturated carbocycles. The molecule has 0 aromatic carbocycles. The van der Waals surface area contributed by atoms with Crippen molar-refractivity contribution in [2.45, 2.75) is 103 Å². The number of nitrogens with one attached hydrogen (secondary N) is 2. The van der Waals surface area contributed by atoms with Crippen LogP contribution in [0.4, 0.5) is 0 Å². The molecule has 0 spiro atoms. The maximum Gasteiger partial charge on any atom is 0.306 e. The van der Waals surface area contributed by atoms with Crippen molar-refractivity contribution in [2.24, 2.45) is 10.8 Å². The SMILES string of the molecule is CC(C)(C)OC(=O)CC1(CNCCS)CCCCC1.O=C(O)CC1(CNCCS)CCCCC1. The number of thiol groups is 2. The molecule has 0 aromatic heterocycles. The molecule has 2 aliphatic rings. The summed E-state index contributed by atoms with van der Waals surface area (Å²) >= 11 is 8.35. The maximum atomic E-state index is 12.1. The fourth-order valence-electron chi connectivity index (χ4n) is 5.31. The summed E-state index contributed by atoms with van der Waals surface area (Å²) in [4.78, 5) is 23.0. The third-order valence-corrected chi connectivity index (χ3v) is 7.32. The topological polar surface area (TPSA) is 87.7 Å². The lowest BCUT2D eigenvalue weighted by molar-refractivity contribution is -0.158. The van der Waals surface area contributed by atoms with Crippen LogP contribution in [0.25, 0.3) is 0 Å². The van der Waals surface area contributed by atoms with Crippen LogP contribution >= 0.6 is 25.3 Å². The van der Waals surface area contributed by atoms with Crippen LogP contribution in [0.2, 0.25) is 0 Å². The minimum atomic E-state index is -0.662. The van der Waals surface area contributed by atoms with Crippen LogP contribution in [0, 0.1) is 10.8 Å². The van der Waals surface area contributed by atoms with Gasteiger partial charge in [0.05, 0.1) is 12.8 Å². The molecule has 0 aromatic rings. The van der Waals surface area contributed by atoms with Crippen LogP contribution in [0.5, 0.6) is 0 Å². The van der Waals surface area contributed by atoms with Crippen molar-refractivity contribution in [3.05, 3.63) is 0 Å². The van der Waals surface area contributed by atoms with Crippen molar-refractivity contribution < 1.29 is 19.4 Å². The van der Waals surface area contributed by atoms with E-state index in [0.717, 1.165) is 63.4 Å². The second-order valence-corrected chi connectivity index (χ2v) is 12.2. The van der Waals surface area contributed by atoms with Crippen molar-refractivity contribution in [3.8, 4) is 0 Å². The summed E-state index contributed by atoms with van der Waals surface area (Å²) in [6, 6.07) is 0. The quantitative estimate of drug-likeness (QED) is 0.140. The Balaban J connectivity index is 0.000000350. The second kappa shape index (κ2) is 16.3. The highest BCUT2D eigenvalue weighted by Gasteiger charge is 2.36. The number of aliphatic carboxylic acids is 1. The molecule has 0 aliphatic heterocycles. The zero-order valence-corrected chi connectivity index (χ0v) is 23.6. The van der Waals surface area contributed by atoms with E-state index in [1.165, 1.54) is 38.5 Å². The Morgan fingerprint density at radius 2 is 1.21 bits per heavy atom. The molecule has 2 rings (SSSR count). The van der Waals surface area contributed by atoms with E-state index < -0.39 is 5.97 Å². The lowest BCUT2D eigenvalue weighted by atomic mass is 9.71. The van der Waals surface area contributed by atoms with E-state index in [9.17, 15) is 9.59 Å². The zero-order valence-electron chi connectivity index (χ0n) is 21.8. The number of ether oxygens (including phenoxy) is 1. The van der Waals surface area contributed by atoms with Gasteiger partial charge < -0.3 is 20.5 Å². The fourth-order valence-corrected chi connectivity index (χ4v) is 5.62. The van der Waals surface area contributed by atoms with Crippen molar-refractivity contribution >= 4 is 37.2 Å². The standard InChI is InChI=1S/C15H29NO2S.C11H21NO2S/c1-14(2,3)18-13(17)11-15(12-16-9-10-19)7-5-4-6-8-15;13-10(14)8-11(9-12-6-7-15)4-2-1-3-5-11/h16,19H,4-12H2,1-3H3;12,15H,1-9H2,(H,13,14). The number of hydrogen-bond acceptors (Lipinski definition) is 7. The smallest absolute Gasteiger partial charge is 0.306 e. The Morgan fingerprint density at radius 1 is 0.794 bits per heavy atom. The number of rotatable bonds is 12. The summed E-state index contributed by atoms with van der Waals surface area (Å²) in [5.74, 6) is 0.928. The summed E-state index contributed by atoms with van der Waals surface area (Å²) in [5, 5.41) is 15.7. The lowest BCUT2D eigenvalue weighted by Gasteiger charge is -2.37. The predicted octanol–water partition coefficient (Wildman–Crippen LogP) is 5.12. The Morgan fingerprint density at radius 3 is 1.56 bits per heavy atom. The Hall–Kier alpha value is -0.440. The second-order valence-electron chi connectivity index (χ2n) is 11.3. The van der Waals surface area contributed by atoms with Crippen molar-refractivity contribution in [1.29, 1.82) is 0 Å². The number of carbonyl (C=O) groups excluding carboxylic acids is 1. The Bertz CT molecular complexity index is 584. The molecule has 2 fully saturated rings. The molecular formula is C26H50N2O4S2. The van der Waals surface area contributed by atoms with Gasteiger partial charge in [-0.25, -0.2) is 0 Å². The highest BCUT2D eigenvalue weighted by molar-refractivity contribution is 7.80. The summed E-state index contributed by atoms with van der Waals surface area (Å²) < 4.78 is 5.49. The molecule has 0 radical (unpaired) electrons. The molecule has 0 unspecified atom stereocenters. The number of carboxylic acid groups (broad SMARTS) is 1. The molecule has 2 aliphatic carbocycles. The zero-order chi connectivity index (χ0) is 25.5. The minimum Gasteiger partial charge on any atom is -0.481 e. The van der Waals surface area contributed by atoms with E-state index >= 15 is 0 Å². The van der Waals surface area contributed by atoms with E-state index in [0.29, 0.717) is 12.8 Å². The highest BCUT2D eigenvalue weighted by Crippen LogP contribution is 2.40. The van der Waals surface area contributed by atoms with Gasteiger partial charge in [-0.1, -0.05) is 38.5 Å². The van der Waals surface area contributed by atoms with Crippen LogP contribution < -0.4 is 10.6 Å². The first-order valence-electron chi connectivity index (χ1n) is 13.1. The van der Waals surface area contributed by atoms with Crippen molar-refractivity contribution in [2.75, 3.05) is 37.7 Å². The third kappa shape index (κ3) is 13.6. The number of carboxylic acids is 1. The normalized spacial score (nSPS) is 19.6. The largest absolute Gasteiger partial charge is 0.481 e. The molecule has 0 bridgehead atoms. The van der Waals surface area contributed by atoms with Crippen LogP contribution in [-0.4, -0.2) is 60.3 Å². The van der Waals surface area contributed by atoms with Gasteiger partial charge in [-0.2, -0.15) is 25.3 Å². The maximum absolute atomic E-state index is 12.1. The third-order valence-electron chi connectivity index (χ3n) is 6.87. The highest BCUT2D eigenvalue weighted by atomic mass is 32.1. The molecule has 0 heterocycles. The number of esters is 1.